The Kier molecular flexibility index (Phi) is 17.1. The molecule has 1 aromatic rings. The normalized spacial score (nSPS) is 13.1. The van der Waals surface area contributed by atoms with E-state index >= 15 is 0 Å². The number of carbonyl (C=O) groups is 1. The van der Waals surface area contributed by atoms with Crippen molar-refractivity contribution in [2.24, 2.45) is 0 Å². The number of hydrogen-bond donors (Lipinski definition) is 0. The van der Waals surface area contributed by atoms with E-state index in [-0.39, 0.29) is 12.2 Å². The van der Waals surface area contributed by atoms with Crippen molar-refractivity contribution in [1.29, 1.82) is 0 Å². The number of hydrogen-bond acceptors (Lipinski definition) is 4. The van der Waals surface area contributed by atoms with Crippen LogP contribution >= 0.6 is 0 Å². The second-order valence-corrected chi connectivity index (χ2v) is 9.01. The molecule has 32 heavy (non-hydrogen) atoms. The minimum absolute atomic E-state index is 0.171. The predicted octanol–water partition coefficient (Wildman–Crippen LogP) is 7.56. The fourth-order valence-corrected chi connectivity index (χ4v) is 4.33. The molecule has 1 aromatic carbocycles. The van der Waals surface area contributed by atoms with Gasteiger partial charge in [-0.1, -0.05) is 83.6 Å². The molecule has 0 aliphatic carbocycles. The first-order valence-corrected chi connectivity index (χ1v) is 12.9. The van der Waals surface area contributed by atoms with E-state index in [9.17, 15) is 4.79 Å². The molecule has 4 nitrogen and oxygen atoms in total. The van der Waals surface area contributed by atoms with Gasteiger partial charge in [-0.3, -0.25) is 4.79 Å². The van der Waals surface area contributed by atoms with Gasteiger partial charge < -0.3 is 14.2 Å². The second kappa shape index (κ2) is 19.1. The molecule has 1 rings (SSSR count). The molecule has 0 bridgehead atoms. The molecular weight excluding hydrogens is 400 g/mol. The predicted molar refractivity (Wildman–Crippen MR) is 134 cm³/mol. The van der Waals surface area contributed by atoms with Crippen LogP contribution < -0.4 is 4.74 Å². The van der Waals surface area contributed by atoms with Gasteiger partial charge in [0.2, 0.25) is 0 Å². The van der Waals surface area contributed by atoms with Gasteiger partial charge in [-0.15, -0.1) is 0 Å². The summed E-state index contributed by atoms with van der Waals surface area (Å²) in [6.45, 7) is 2.28. The van der Waals surface area contributed by atoms with Crippen LogP contribution in [-0.2, 0) is 15.9 Å². The quantitative estimate of drug-likeness (QED) is 0.144. The lowest BCUT2D eigenvalue weighted by molar-refractivity contribution is 0.0145. The van der Waals surface area contributed by atoms with Gasteiger partial charge >= 0.3 is 0 Å². The molecule has 0 radical (unpaired) electrons. The Labute approximate surface area is 197 Å². The molecule has 4 heteroatoms. The van der Waals surface area contributed by atoms with Crippen molar-refractivity contribution in [2.75, 3.05) is 21.3 Å². The Morgan fingerprint density at radius 2 is 1.34 bits per heavy atom. The van der Waals surface area contributed by atoms with Crippen LogP contribution in [0.4, 0.5) is 0 Å². The minimum Gasteiger partial charge on any atom is -0.496 e. The van der Waals surface area contributed by atoms with Crippen LogP contribution in [0.25, 0.3) is 0 Å². The Balaban J connectivity index is 2.22. The number of carbonyl (C=O) groups excluding carboxylic acids is 1. The van der Waals surface area contributed by atoms with Crippen molar-refractivity contribution in [3.8, 4) is 5.75 Å². The SMILES string of the molecule is CCCCCCCCCCCCCC(CC(CCc1ccc(C=O)c(OC)c1)OC)OC. The van der Waals surface area contributed by atoms with E-state index in [2.05, 4.69) is 6.92 Å². The molecule has 0 saturated heterocycles. The van der Waals surface area contributed by atoms with E-state index in [1.165, 1.54) is 70.6 Å². The van der Waals surface area contributed by atoms with Gasteiger partial charge in [0.05, 0.1) is 24.9 Å². The Hall–Kier alpha value is -1.39. The third-order valence-corrected chi connectivity index (χ3v) is 6.50. The van der Waals surface area contributed by atoms with Crippen molar-refractivity contribution in [1.82, 2.24) is 0 Å². The van der Waals surface area contributed by atoms with Gasteiger partial charge in [-0.2, -0.15) is 0 Å². The van der Waals surface area contributed by atoms with Crippen LogP contribution in [0, 0.1) is 0 Å². The van der Waals surface area contributed by atoms with Crippen LogP contribution in [0.15, 0.2) is 18.2 Å². The highest BCUT2D eigenvalue weighted by atomic mass is 16.5. The van der Waals surface area contributed by atoms with Crippen LogP contribution in [0.1, 0.15) is 113 Å². The summed E-state index contributed by atoms with van der Waals surface area (Å²) in [6, 6.07) is 5.78. The first kappa shape index (κ1) is 28.6. The molecule has 0 aliphatic rings. The molecule has 0 aromatic heterocycles. The van der Waals surface area contributed by atoms with Gasteiger partial charge in [-0.05, 0) is 43.4 Å². The summed E-state index contributed by atoms with van der Waals surface area (Å²) in [4.78, 5) is 11.1. The summed E-state index contributed by atoms with van der Waals surface area (Å²) >= 11 is 0. The topological polar surface area (TPSA) is 44.8 Å². The van der Waals surface area contributed by atoms with E-state index in [0.29, 0.717) is 11.3 Å². The maximum Gasteiger partial charge on any atom is 0.153 e. The van der Waals surface area contributed by atoms with E-state index in [4.69, 9.17) is 14.2 Å². The molecule has 0 N–H and O–H groups in total. The lowest BCUT2D eigenvalue weighted by atomic mass is 9.98. The summed E-state index contributed by atoms with van der Waals surface area (Å²) in [5.74, 6) is 0.637. The minimum atomic E-state index is 0.171. The molecule has 0 fully saturated rings. The van der Waals surface area contributed by atoms with E-state index < -0.39 is 0 Å². The van der Waals surface area contributed by atoms with E-state index in [1.54, 1.807) is 14.2 Å². The molecule has 0 heterocycles. The van der Waals surface area contributed by atoms with Crippen LogP contribution in [0.2, 0.25) is 0 Å². The zero-order valence-corrected chi connectivity index (χ0v) is 21.2. The maximum absolute atomic E-state index is 11.1. The Morgan fingerprint density at radius 3 is 1.88 bits per heavy atom. The average Bonchev–Trinajstić information content (AvgIpc) is 2.83. The highest BCUT2D eigenvalue weighted by Gasteiger charge is 2.16. The van der Waals surface area contributed by atoms with Gasteiger partial charge in [-0.25, -0.2) is 0 Å². The number of unbranched alkanes of at least 4 members (excludes halogenated alkanes) is 10. The van der Waals surface area contributed by atoms with Crippen molar-refractivity contribution >= 4 is 6.29 Å². The molecule has 184 valence electrons. The third-order valence-electron chi connectivity index (χ3n) is 6.50. The number of aldehydes is 1. The van der Waals surface area contributed by atoms with Gasteiger partial charge in [0, 0.05) is 14.2 Å². The lowest BCUT2D eigenvalue weighted by Gasteiger charge is -2.22. The smallest absolute Gasteiger partial charge is 0.153 e. The number of rotatable bonds is 21. The van der Waals surface area contributed by atoms with Crippen LogP contribution in [0.5, 0.6) is 5.75 Å². The summed E-state index contributed by atoms with van der Waals surface area (Å²) in [7, 11) is 5.20. The number of benzene rings is 1. The first-order valence-electron chi connectivity index (χ1n) is 12.9. The fourth-order valence-electron chi connectivity index (χ4n) is 4.33. The summed E-state index contributed by atoms with van der Waals surface area (Å²) in [5.41, 5.74) is 1.75. The van der Waals surface area contributed by atoms with Gasteiger partial charge in [0.25, 0.3) is 0 Å². The van der Waals surface area contributed by atoms with Crippen molar-refractivity contribution in [3.05, 3.63) is 29.3 Å². The summed E-state index contributed by atoms with van der Waals surface area (Å²) < 4.78 is 16.8. The molecule has 2 unspecified atom stereocenters. The molecule has 0 aliphatic heterocycles. The van der Waals surface area contributed by atoms with Gasteiger partial charge in [0.1, 0.15) is 5.75 Å². The van der Waals surface area contributed by atoms with Crippen molar-refractivity contribution < 1.29 is 19.0 Å². The zero-order chi connectivity index (χ0) is 23.4. The highest BCUT2D eigenvalue weighted by molar-refractivity contribution is 5.79. The Morgan fingerprint density at radius 1 is 0.781 bits per heavy atom. The van der Waals surface area contributed by atoms with E-state index in [0.717, 1.165) is 37.5 Å². The summed E-state index contributed by atoms with van der Waals surface area (Å²) in [6.07, 6.45) is 20.1. The van der Waals surface area contributed by atoms with Crippen molar-refractivity contribution in [3.63, 3.8) is 0 Å². The first-order chi connectivity index (χ1) is 15.7. The molecular formula is C28H48O4. The third kappa shape index (κ3) is 12.6. The molecule has 2 atom stereocenters. The number of aryl methyl sites for hydroxylation is 1. The average molecular weight is 449 g/mol. The maximum atomic E-state index is 11.1. The molecule has 0 amide bonds. The Bertz CT molecular complexity index is 587. The number of methoxy groups -OCH3 is 3. The van der Waals surface area contributed by atoms with E-state index in [1.807, 2.05) is 25.3 Å². The van der Waals surface area contributed by atoms with Gasteiger partial charge in [0.15, 0.2) is 6.29 Å². The second-order valence-electron chi connectivity index (χ2n) is 9.01. The number of ether oxygens (including phenoxy) is 3. The zero-order valence-electron chi connectivity index (χ0n) is 21.2. The fraction of sp³-hybridized carbons (Fsp3) is 0.750. The largest absolute Gasteiger partial charge is 0.496 e. The van der Waals surface area contributed by atoms with Crippen molar-refractivity contribution in [2.45, 2.75) is 115 Å². The standard InChI is InChI=1S/C28H48O4/c1-5-6-7-8-9-10-11-12-13-14-15-16-26(30-2)22-27(31-3)20-18-24-17-19-25(23-29)28(21-24)32-4/h17,19,21,23,26-27H,5-16,18,20,22H2,1-4H3. The summed E-state index contributed by atoms with van der Waals surface area (Å²) in [5, 5.41) is 0. The molecule has 0 spiro atoms. The highest BCUT2D eigenvalue weighted by Crippen LogP contribution is 2.22. The van der Waals surface area contributed by atoms with Crippen LogP contribution in [-0.4, -0.2) is 39.8 Å². The lowest BCUT2D eigenvalue weighted by Crippen LogP contribution is -2.22. The molecule has 0 saturated carbocycles. The van der Waals surface area contributed by atoms with Crippen LogP contribution in [0.3, 0.4) is 0 Å². The monoisotopic (exact) mass is 448 g/mol.